The standard InChI is InChI=1S/C16H23BrN2O.2ClH/c1-20-15-6-5-13(11-14(15)17)16(12-3-2-4-12)19-9-7-18-8-10-19;;/h5-6,11-12,16,18H,2-4,7-10H2,1H3;2*1H/t16-;;/m0../s1. The number of hydrogen-bond donors (Lipinski definition) is 1. The highest BCUT2D eigenvalue weighted by atomic mass is 79.9. The number of ether oxygens (including phenoxy) is 1. The Kier molecular flexibility index (Phi) is 8.50. The molecule has 0 bridgehead atoms. The van der Waals surface area contributed by atoms with Crippen LogP contribution in [0.15, 0.2) is 22.7 Å². The molecule has 1 aliphatic carbocycles. The van der Waals surface area contributed by atoms with Crippen LogP contribution in [0.3, 0.4) is 0 Å². The topological polar surface area (TPSA) is 24.5 Å². The summed E-state index contributed by atoms with van der Waals surface area (Å²) in [6.07, 6.45) is 4.14. The molecule has 3 rings (SSSR count). The third kappa shape index (κ3) is 4.30. The van der Waals surface area contributed by atoms with Crippen LogP contribution in [-0.4, -0.2) is 38.2 Å². The van der Waals surface area contributed by atoms with Crippen molar-refractivity contribution in [2.75, 3.05) is 33.3 Å². The second-order valence-corrected chi connectivity index (χ2v) is 6.67. The minimum Gasteiger partial charge on any atom is -0.496 e. The molecular weight excluding hydrogens is 387 g/mol. The van der Waals surface area contributed by atoms with Gasteiger partial charge in [0.05, 0.1) is 11.6 Å². The minimum absolute atomic E-state index is 0. The van der Waals surface area contributed by atoms with Crippen molar-refractivity contribution >= 4 is 40.7 Å². The van der Waals surface area contributed by atoms with Gasteiger partial charge >= 0.3 is 0 Å². The van der Waals surface area contributed by atoms with E-state index in [0.29, 0.717) is 6.04 Å². The molecule has 1 aromatic carbocycles. The first-order valence-corrected chi connectivity index (χ1v) is 8.37. The summed E-state index contributed by atoms with van der Waals surface area (Å²) in [5.41, 5.74) is 1.43. The van der Waals surface area contributed by atoms with Crippen LogP contribution in [0.2, 0.25) is 0 Å². The van der Waals surface area contributed by atoms with Gasteiger partial charge in [0.15, 0.2) is 0 Å². The van der Waals surface area contributed by atoms with E-state index in [1.54, 1.807) is 7.11 Å². The van der Waals surface area contributed by atoms with E-state index in [1.165, 1.54) is 24.8 Å². The number of rotatable bonds is 4. The summed E-state index contributed by atoms with van der Waals surface area (Å²) in [6, 6.07) is 7.17. The molecule has 1 heterocycles. The average Bonchev–Trinajstić information content (AvgIpc) is 2.43. The Morgan fingerprint density at radius 3 is 2.41 bits per heavy atom. The third-order valence-corrected chi connectivity index (χ3v) is 5.28. The maximum atomic E-state index is 5.36. The van der Waals surface area contributed by atoms with Gasteiger partial charge in [-0.05, 0) is 52.4 Å². The van der Waals surface area contributed by atoms with Crippen LogP contribution in [0, 0.1) is 5.92 Å². The number of benzene rings is 1. The molecule has 6 heteroatoms. The molecule has 126 valence electrons. The van der Waals surface area contributed by atoms with Gasteiger partial charge < -0.3 is 10.1 Å². The molecule has 0 aromatic heterocycles. The zero-order chi connectivity index (χ0) is 13.9. The summed E-state index contributed by atoms with van der Waals surface area (Å²) in [4.78, 5) is 2.66. The SMILES string of the molecule is COc1ccc([C@H](C2CCC2)N2CCNCC2)cc1Br.Cl.Cl. The van der Waals surface area contributed by atoms with Crippen LogP contribution in [0.5, 0.6) is 5.75 Å². The summed E-state index contributed by atoms with van der Waals surface area (Å²) in [6.45, 7) is 4.54. The average molecular weight is 412 g/mol. The summed E-state index contributed by atoms with van der Waals surface area (Å²) >= 11 is 3.63. The molecule has 0 amide bonds. The van der Waals surface area contributed by atoms with Gasteiger partial charge in [-0.1, -0.05) is 12.5 Å². The lowest BCUT2D eigenvalue weighted by molar-refractivity contribution is 0.0836. The Labute approximate surface area is 154 Å². The molecule has 1 aliphatic heterocycles. The van der Waals surface area contributed by atoms with Crippen LogP contribution >= 0.6 is 40.7 Å². The Bertz CT molecular complexity index is 465. The van der Waals surface area contributed by atoms with Crippen LogP contribution in [-0.2, 0) is 0 Å². The monoisotopic (exact) mass is 410 g/mol. The van der Waals surface area contributed by atoms with E-state index >= 15 is 0 Å². The van der Waals surface area contributed by atoms with Gasteiger partial charge in [-0.25, -0.2) is 0 Å². The smallest absolute Gasteiger partial charge is 0.133 e. The maximum Gasteiger partial charge on any atom is 0.133 e. The molecule has 3 nitrogen and oxygen atoms in total. The molecule has 2 aliphatic rings. The summed E-state index contributed by atoms with van der Waals surface area (Å²) < 4.78 is 6.42. The van der Waals surface area contributed by atoms with E-state index in [9.17, 15) is 0 Å². The van der Waals surface area contributed by atoms with Crippen molar-refractivity contribution in [1.29, 1.82) is 0 Å². The predicted molar refractivity (Wildman–Crippen MR) is 99.7 cm³/mol. The van der Waals surface area contributed by atoms with Crippen molar-refractivity contribution in [1.82, 2.24) is 10.2 Å². The van der Waals surface area contributed by atoms with Crippen molar-refractivity contribution in [2.24, 2.45) is 5.92 Å². The third-order valence-electron chi connectivity index (χ3n) is 4.66. The number of hydrogen-bond acceptors (Lipinski definition) is 3. The van der Waals surface area contributed by atoms with Gasteiger partial charge in [0.2, 0.25) is 0 Å². The van der Waals surface area contributed by atoms with Crippen molar-refractivity contribution in [2.45, 2.75) is 25.3 Å². The van der Waals surface area contributed by atoms with Gasteiger partial charge in [-0.3, -0.25) is 4.90 Å². The van der Waals surface area contributed by atoms with Crippen molar-refractivity contribution in [3.05, 3.63) is 28.2 Å². The first-order valence-electron chi connectivity index (χ1n) is 7.58. The highest BCUT2D eigenvalue weighted by molar-refractivity contribution is 9.10. The number of nitrogens with zero attached hydrogens (tertiary/aromatic N) is 1. The molecule has 1 atom stereocenters. The normalized spacial score (nSPS) is 20.3. The summed E-state index contributed by atoms with van der Waals surface area (Å²) in [5, 5.41) is 3.45. The molecule has 2 fully saturated rings. The molecule has 0 unspecified atom stereocenters. The van der Waals surface area contributed by atoms with Gasteiger partial charge in [0.1, 0.15) is 5.75 Å². The molecule has 0 spiro atoms. The van der Waals surface area contributed by atoms with Crippen LogP contribution in [0.25, 0.3) is 0 Å². The van der Waals surface area contributed by atoms with Gasteiger partial charge in [-0.2, -0.15) is 0 Å². The molecule has 22 heavy (non-hydrogen) atoms. The Morgan fingerprint density at radius 2 is 1.91 bits per heavy atom. The largest absolute Gasteiger partial charge is 0.496 e. The number of halogens is 3. The molecular formula is C16H25BrCl2N2O. The fourth-order valence-corrected chi connectivity index (χ4v) is 3.92. The Balaban J connectivity index is 0.00000121. The van der Waals surface area contributed by atoms with Crippen LogP contribution < -0.4 is 10.1 Å². The van der Waals surface area contributed by atoms with Crippen molar-refractivity contribution < 1.29 is 4.74 Å². The zero-order valence-corrected chi connectivity index (χ0v) is 16.1. The quantitative estimate of drug-likeness (QED) is 0.808. The van der Waals surface area contributed by atoms with Gasteiger partial charge in [0.25, 0.3) is 0 Å². The maximum absolute atomic E-state index is 5.36. The van der Waals surface area contributed by atoms with E-state index in [2.05, 4.69) is 44.3 Å². The van der Waals surface area contributed by atoms with E-state index in [1.807, 2.05) is 0 Å². The highest BCUT2D eigenvalue weighted by Gasteiger charge is 2.33. The Hall–Kier alpha value is -0.000000000000000111. The lowest BCUT2D eigenvalue weighted by Gasteiger charge is -2.43. The first kappa shape index (κ1) is 20.0. The first-order chi connectivity index (χ1) is 9.79. The Morgan fingerprint density at radius 1 is 1.23 bits per heavy atom. The summed E-state index contributed by atoms with van der Waals surface area (Å²) in [5.74, 6) is 1.75. The molecule has 1 aromatic rings. The lowest BCUT2D eigenvalue weighted by Crippen LogP contribution is -2.47. The van der Waals surface area contributed by atoms with Crippen LogP contribution in [0.4, 0.5) is 0 Å². The fraction of sp³-hybridized carbons (Fsp3) is 0.625. The fourth-order valence-electron chi connectivity index (χ4n) is 3.36. The molecule has 1 saturated heterocycles. The van der Waals surface area contributed by atoms with E-state index < -0.39 is 0 Å². The van der Waals surface area contributed by atoms with Crippen LogP contribution in [0.1, 0.15) is 30.9 Å². The number of methoxy groups -OCH3 is 1. The van der Waals surface area contributed by atoms with E-state index in [0.717, 1.165) is 42.3 Å². The van der Waals surface area contributed by atoms with Gasteiger partial charge in [-0.15, -0.1) is 24.8 Å². The second kappa shape index (κ2) is 9.33. The van der Waals surface area contributed by atoms with E-state index in [-0.39, 0.29) is 24.8 Å². The molecule has 0 radical (unpaired) electrons. The zero-order valence-electron chi connectivity index (χ0n) is 12.9. The number of piperazine rings is 1. The number of nitrogens with one attached hydrogen (secondary N) is 1. The molecule has 1 saturated carbocycles. The molecule has 1 N–H and O–H groups in total. The highest BCUT2D eigenvalue weighted by Crippen LogP contribution is 2.42. The van der Waals surface area contributed by atoms with E-state index in [4.69, 9.17) is 4.74 Å². The van der Waals surface area contributed by atoms with Crippen molar-refractivity contribution in [3.63, 3.8) is 0 Å². The minimum atomic E-state index is 0. The predicted octanol–water partition coefficient (Wildman–Crippen LogP) is 4.05. The lowest BCUT2D eigenvalue weighted by atomic mass is 9.76. The van der Waals surface area contributed by atoms with Gasteiger partial charge in [0, 0.05) is 32.2 Å². The summed E-state index contributed by atoms with van der Waals surface area (Å²) in [7, 11) is 1.72. The van der Waals surface area contributed by atoms with Crippen molar-refractivity contribution in [3.8, 4) is 5.75 Å². The second-order valence-electron chi connectivity index (χ2n) is 5.82.